The highest BCUT2D eigenvalue weighted by Crippen LogP contribution is 2.28. The summed E-state index contributed by atoms with van der Waals surface area (Å²) in [6, 6.07) is 18.3. The van der Waals surface area contributed by atoms with Crippen molar-refractivity contribution in [1.82, 2.24) is 4.90 Å². The van der Waals surface area contributed by atoms with Gasteiger partial charge in [-0.2, -0.15) is 0 Å². The van der Waals surface area contributed by atoms with Crippen LogP contribution in [0.4, 0.5) is 9.59 Å². The first kappa shape index (κ1) is 23.2. The largest absolute Gasteiger partial charge is 0.443 e. The molecular weight excluding hydrogens is 378 g/mol. The van der Waals surface area contributed by atoms with Gasteiger partial charge in [-0.1, -0.05) is 72.8 Å². The van der Waals surface area contributed by atoms with E-state index in [0.29, 0.717) is 0 Å². The van der Waals surface area contributed by atoms with E-state index in [0.717, 1.165) is 16.0 Å². The maximum atomic E-state index is 13.1. The highest BCUT2D eigenvalue weighted by molar-refractivity contribution is 5.89. The maximum Gasteiger partial charge on any atom is 0.420 e. The molecule has 5 nitrogen and oxygen atoms in total. The number of nitrogens with zero attached hydrogens (tertiary/aromatic N) is 1. The van der Waals surface area contributed by atoms with Crippen LogP contribution in [-0.4, -0.2) is 28.3 Å². The van der Waals surface area contributed by atoms with Crippen LogP contribution in [0.25, 0.3) is 6.08 Å². The van der Waals surface area contributed by atoms with E-state index in [-0.39, 0.29) is 0 Å². The lowest BCUT2D eigenvalue weighted by atomic mass is 10.0. The molecule has 30 heavy (non-hydrogen) atoms. The van der Waals surface area contributed by atoms with E-state index in [1.165, 1.54) is 0 Å². The van der Waals surface area contributed by atoms with Crippen molar-refractivity contribution < 1.29 is 19.1 Å². The molecule has 0 fully saturated rings. The van der Waals surface area contributed by atoms with Crippen molar-refractivity contribution in [3.8, 4) is 0 Å². The maximum absolute atomic E-state index is 13.1. The molecule has 0 unspecified atom stereocenters. The number of amides is 2. The van der Waals surface area contributed by atoms with Crippen molar-refractivity contribution in [3.63, 3.8) is 0 Å². The minimum atomic E-state index is -0.762. The Morgan fingerprint density at radius 3 is 1.63 bits per heavy atom. The van der Waals surface area contributed by atoms with Gasteiger partial charge < -0.3 is 9.47 Å². The fourth-order valence-corrected chi connectivity index (χ4v) is 2.69. The second kappa shape index (κ2) is 9.61. The molecule has 2 rings (SSSR count). The molecule has 0 radical (unpaired) electrons. The van der Waals surface area contributed by atoms with Gasteiger partial charge in [-0.3, -0.25) is 0 Å². The van der Waals surface area contributed by atoms with Crippen LogP contribution in [0.15, 0.2) is 66.7 Å². The van der Waals surface area contributed by atoms with Gasteiger partial charge in [-0.05, 0) is 52.7 Å². The van der Waals surface area contributed by atoms with Crippen molar-refractivity contribution in [2.45, 2.75) is 58.8 Å². The molecule has 0 aromatic heterocycles. The van der Waals surface area contributed by atoms with Crippen LogP contribution in [0, 0.1) is 0 Å². The van der Waals surface area contributed by atoms with E-state index < -0.39 is 29.4 Å². The topological polar surface area (TPSA) is 55.8 Å². The number of ether oxygens (including phenoxy) is 2. The highest BCUT2D eigenvalue weighted by atomic mass is 16.6. The van der Waals surface area contributed by atoms with Crippen molar-refractivity contribution in [3.05, 3.63) is 77.9 Å². The van der Waals surface area contributed by atoms with Gasteiger partial charge in [-0.15, -0.1) is 0 Å². The normalized spacial score (nSPS) is 13.0. The van der Waals surface area contributed by atoms with Crippen molar-refractivity contribution in [2.75, 3.05) is 0 Å². The van der Waals surface area contributed by atoms with Crippen molar-refractivity contribution in [1.29, 1.82) is 0 Å². The second-order valence-electron chi connectivity index (χ2n) is 8.96. The molecule has 0 saturated heterocycles. The average molecular weight is 410 g/mol. The Labute approximate surface area is 179 Å². The predicted octanol–water partition coefficient (Wildman–Crippen LogP) is 6.61. The molecular formula is C25H31NO4. The molecule has 160 valence electrons. The van der Waals surface area contributed by atoms with Crippen LogP contribution >= 0.6 is 0 Å². The number of imide groups is 1. The van der Waals surface area contributed by atoms with E-state index in [1.807, 2.05) is 66.7 Å². The number of hydrogen-bond donors (Lipinski definition) is 0. The smallest absolute Gasteiger partial charge is 0.420 e. The molecule has 0 spiro atoms. The fraction of sp³-hybridized carbons (Fsp3) is 0.360. The van der Waals surface area contributed by atoms with Crippen LogP contribution in [0.2, 0.25) is 0 Å². The lowest BCUT2D eigenvalue weighted by molar-refractivity contribution is -0.00382. The summed E-state index contributed by atoms with van der Waals surface area (Å²) in [4.78, 5) is 27.2. The van der Waals surface area contributed by atoms with Crippen LogP contribution in [0.5, 0.6) is 0 Å². The summed E-state index contributed by atoms with van der Waals surface area (Å²) in [7, 11) is 0. The molecule has 0 heterocycles. The summed E-state index contributed by atoms with van der Waals surface area (Å²) in [6.45, 7) is 10.6. The van der Waals surface area contributed by atoms with Crippen LogP contribution < -0.4 is 0 Å². The fourth-order valence-electron chi connectivity index (χ4n) is 2.69. The number of benzene rings is 2. The summed E-state index contributed by atoms with van der Waals surface area (Å²) in [5.41, 5.74) is 0.192. The second-order valence-corrected chi connectivity index (χ2v) is 8.96. The first-order chi connectivity index (χ1) is 14.0. The number of carbonyl (C=O) groups excluding carboxylic acids is 2. The van der Waals surface area contributed by atoms with Crippen molar-refractivity contribution in [2.24, 2.45) is 0 Å². The van der Waals surface area contributed by atoms with Crippen LogP contribution in [0.3, 0.4) is 0 Å². The van der Waals surface area contributed by atoms with Crippen molar-refractivity contribution >= 4 is 18.3 Å². The third-order valence-electron chi connectivity index (χ3n) is 3.87. The third kappa shape index (κ3) is 7.39. The summed E-state index contributed by atoms with van der Waals surface area (Å²) < 4.78 is 11.1. The molecule has 2 aromatic rings. The Morgan fingerprint density at radius 2 is 1.20 bits per heavy atom. The zero-order chi connectivity index (χ0) is 22.4. The van der Waals surface area contributed by atoms with E-state index in [4.69, 9.17) is 9.47 Å². The standard InChI is InChI=1S/C25H31NO4/c1-24(2,3)29-22(27)26(23(28)30-25(4,5)6)21(20-15-11-8-12-16-20)18-17-19-13-9-7-10-14-19/h7-18,21H,1-6H3/b18-17+/t21-/m1/s1. The number of rotatable bonds is 4. The lowest BCUT2D eigenvalue weighted by Gasteiger charge is -2.32. The summed E-state index contributed by atoms with van der Waals surface area (Å²) in [5.74, 6) is 0. The van der Waals surface area contributed by atoms with Gasteiger partial charge in [-0.25, -0.2) is 14.5 Å². The third-order valence-corrected chi connectivity index (χ3v) is 3.87. The zero-order valence-electron chi connectivity index (χ0n) is 18.6. The van der Waals surface area contributed by atoms with Gasteiger partial charge in [0.15, 0.2) is 0 Å². The van der Waals surface area contributed by atoms with Gasteiger partial charge >= 0.3 is 12.2 Å². The van der Waals surface area contributed by atoms with E-state index >= 15 is 0 Å². The minimum Gasteiger partial charge on any atom is -0.443 e. The molecule has 2 amide bonds. The molecule has 0 saturated carbocycles. The molecule has 2 aromatic carbocycles. The van der Waals surface area contributed by atoms with Gasteiger partial charge in [0.2, 0.25) is 0 Å². The van der Waals surface area contributed by atoms with Gasteiger partial charge in [0, 0.05) is 0 Å². The number of carbonyl (C=O) groups is 2. The Morgan fingerprint density at radius 1 is 0.767 bits per heavy atom. The summed E-state index contributed by atoms with van der Waals surface area (Å²) >= 11 is 0. The Balaban J connectivity index is 2.51. The van der Waals surface area contributed by atoms with Gasteiger partial charge in [0.25, 0.3) is 0 Å². The van der Waals surface area contributed by atoms with Gasteiger partial charge in [0.05, 0.1) is 6.04 Å². The highest BCUT2D eigenvalue weighted by Gasteiger charge is 2.36. The Bertz CT molecular complexity index is 834. The Hall–Kier alpha value is -3.08. The molecule has 0 aliphatic carbocycles. The quantitative estimate of drug-likeness (QED) is 0.570. The Kier molecular flexibility index (Phi) is 7.43. The molecule has 5 heteroatoms. The molecule has 0 aliphatic heterocycles. The molecule has 1 atom stereocenters. The van der Waals surface area contributed by atoms with E-state index in [1.54, 1.807) is 47.6 Å². The minimum absolute atomic E-state index is 0.698. The zero-order valence-corrected chi connectivity index (χ0v) is 18.6. The van der Waals surface area contributed by atoms with Crippen LogP contribution in [-0.2, 0) is 9.47 Å². The van der Waals surface area contributed by atoms with Gasteiger partial charge in [0.1, 0.15) is 11.2 Å². The molecule has 0 aliphatic rings. The van der Waals surface area contributed by atoms with Crippen LogP contribution in [0.1, 0.15) is 58.7 Å². The monoisotopic (exact) mass is 409 g/mol. The SMILES string of the molecule is CC(C)(C)OC(=O)N(C(=O)OC(C)(C)C)[C@H](/C=C/c1ccccc1)c1ccccc1. The molecule has 0 N–H and O–H groups in total. The summed E-state index contributed by atoms with van der Waals surface area (Å²) in [5, 5.41) is 0. The first-order valence-corrected chi connectivity index (χ1v) is 10.00. The summed E-state index contributed by atoms with van der Waals surface area (Å²) in [6.07, 6.45) is 2.16. The van der Waals surface area contributed by atoms with E-state index in [9.17, 15) is 9.59 Å². The number of hydrogen-bond acceptors (Lipinski definition) is 4. The predicted molar refractivity (Wildman–Crippen MR) is 119 cm³/mol. The first-order valence-electron chi connectivity index (χ1n) is 10.00. The molecule has 0 bridgehead atoms. The van der Waals surface area contributed by atoms with E-state index in [2.05, 4.69) is 0 Å². The average Bonchev–Trinajstić information content (AvgIpc) is 2.63. The lowest BCUT2D eigenvalue weighted by Crippen LogP contribution is -2.45.